The van der Waals surface area contributed by atoms with Gasteiger partial charge in [-0.05, 0) is 82.7 Å². The summed E-state index contributed by atoms with van der Waals surface area (Å²) in [6.07, 6.45) is 0. The number of hydrogen-bond acceptors (Lipinski definition) is 5. The van der Waals surface area contributed by atoms with Crippen LogP contribution in [0.2, 0.25) is 0 Å². The van der Waals surface area contributed by atoms with Gasteiger partial charge in [0.2, 0.25) is 0 Å². The summed E-state index contributed by atoms with van der Waals surface area (Å²) >= 11 is 6.57. The van der Waals surface area contributed by atoms with E-state index in [2.05, 4.69) is 31.9 Å². The molecule has 0 aliphatic heterocycles. The van der Waals surface area contributed by atoms with Crippen LogP contribution in [0.4, 0.5) is 5.69 Å². The Labute approximate surface area is 219 Å². The van der Waals surface area contributed by atoms with Gasteiger partial charge in [0.15, 0.2) is 0 Å². The number of carbonyl (C=O) groups excluding carboxylic acids is 2. The molecule has 0 spiro atoms. The SMILES string of the molecule is O=C(Oc1ccc(N(C(=O)c2ccccc2)S(=O)(=O)c2cc(Br)ccc2Br)cc1)c1ccccc1. The largest absolute Gasteiger partial charge is 0.423 e. The maximum Gasteiger partial charge on any atom is 0.343 e. The second-order valence-electron chi connectivity index (χ2n) is 7.26. The van der Waals surface area contributed by atoms with Crippen LogP contribution in [-0.2, 0) is 10.0 Å². The van der Waals surface area contributed by atoms with Crippen LogP contribution >= 0.6 is 31.9 Å². The predicted octanol–water partition coefficient (Wildman–Crippen LogP) is 6.47. The quantitative estimate of drug-likeness (QED) is 0.184. The second kappa shape index (κ2) is 10.6. The Hall–Kier alpha value is -3.27. The Morgan fingerprint density at radius 2 is 1.29 bits per heavy atom. The number of hydrogen-bond donors (Lipinski definition) is 0. The first-order valence-electron chi connectivity index (χ1n) is 10.2. The molecule has 0 saturated carbocycles. The zero-order valence-electron chi connectivity index (χ0n) is 18.0. The Kier molecular flexibility index (Phi) is 7.49. The van der Waals surface area contributed by atoms with E-state index in [1.165, 1.54) is 42.5 Å². The Morgan fingerprint density at radius 3 is 1.89 bits per heavy atom. The van der Waals surface area contributed by atoms with E-state index in [4.69, 9.17) is 4.74 Å². The number of rotatable bonds is 6. The van der Waals surface area contributed by atoms with E-state index in [-0.39, 0.29) is 21.9 Å². The molecule has 6 nitrogen and oxygen atoms in total. The molecule has 0 bridgehead atoms. The van der Waals surface area contributed by atoms with Gasteiger partial charge in [0.1, 0.15) is 10.6 Å². The second-order valence-corrected chi connectivity index (χ2v) is 10.8. The first-order valence-corrected chi connectivity index (χ1v) is 13.3. The summed E-state index contributed by atoms with van der Waals surface area (Å²) in [5.74, 6) is -1.08. The lowest BCUT2D eigenvalue weighted by Crippen LogP contribution is -2.37. The lowest BCUT2D eigenvalue weighted by Gasteiger charge is -2.23. The van der Waals surface area contributed by atoms with Gasteiger partial charge in [-0.2, -0.15) is 4.31 Å². The number of benzene rings is 4. The van der Waals surface area contributed by atoms with Crippen molar-refractivity contribution in [2.75, 3.05) is 4.31 Å². The molecule has 176 valence electrons. The van der Waals surface area contributed by atoms with Gasteiger partial charge in [-0.1, -0.05) is 52.3 Å². The lowest BCUT2D eigenvalue weighted by atomic mass is 10.2. The molecule has 1 amide bonds. The van der Waals surface area contributed by atoms with Crippen molar-refractivity contribution >= 4 is 59.4 Å². The molecule has 35 heavy (non-hydrogen) atoms. The van der Waals surface area contributed by atoms with Gasteiger partial charge in [-0.3, -0.25) is 4.79 Å². The molecule has 0 saturated heterocycles. The van der Waals surface area contributed by atoms with Gasteiger partial charge in [-0.25, -0.2) is 13.2 Å². The third-order valence-corrected chi connectivity index (χ3v) is 8.11. The maximum absolute atomic E-state index is 13.7. The Bertz CT molecular complexity index is 1480. The monoisotopic (exact) mass is 613 g/mol. The minimum absolute atomic E-state index is 0.0873. The van der Waals surface area contributed by atoms with Gasteiger partial charge < -0.3 is 4.74 Å². The molecule has 0 atom stereocenters. The molecule has 0 unspecified atom stereocenters. The minimum Gasteiger partial charge on any atom is -0.423 e. The van der Waals surface area contributed by atoms with E-state index < -0.39 is 21.9 Å². The normalized spacial score (nSPS) is 11.0. The molecule has 0 aliphatic carbocycles. The van der Waals surface area contributed by atoms with Crippen LogP contribution in [0.15, 0.2) is 117 Å². The van der Waals surface area contributed by atoms with Crippen molar-refractivity contribution in [1.82, 2.24) is 0 Å². The number of esters is 1. The van der Waals surface area contributed by atoms with Gasteiger partial charge in [0.05, 0.1) is 11.3 Å². The molecule has 9 heteroatoms. The van der Waals surface area contributed by atoms with Crippen LogP contribution in [0.5, 0.6) is 5.75 Å². The standard InChI is InChI=1S/C26H17Br2NO5S/c27-20-11-16-23(28)24(17-20)35(32,33)29(25(30)18-7-3-1-4-8-18)21-12-14-22(15-13-21)34-26(31)19-9-5-2-6-10-19/h1-17H. The smallest absolute Gasteiger partial charge is 0.343 e. The summed E-state index contributed by atoms with van der Waals surface area (Å²) in [6.45, 7) is 0. The summed E-state index contributed by atoms with van der Waals surface area (Å²) in [5.41, 5.74) is 0.659. The van der Waals surface area contributed by atoms with Crippen molar-refractivity contribution in [2.45, 2.75) is 4.90 Å². The van der Waals surface area contributed by atoms with E-state index in [0.717, 1.165) is 4.31 Å². The van der Waals surface area contributed by atoms with E-state index in [1.807, 2.05) is 0 Å². The summed E-state index contributed by atoms with van der Waals surface area (Å²) in [4.78, 5) is 25.7. The van der Waals surface area contributed by atoms with Crippen LogP contribution in [-0.4, -0.2) is 20.3 Å². The molecule has 0 radical (unpaired) electrons. The lowest BCUT2D eigenvalue weighted by molar-refractivity contribution is 0.0734. The maximum atomic E-state index is 13.7. The predicted molar refractivity (Wildman–Crippen MR) is 140 cm³/mol. The number of amides is 1. The minimum atomic E-state index is -4.33. The van der Waals surface area contributed by atoms with E-state index in [9.17, 15) is 18.0 Å². The van der Waals surface area contributed by atoms with Gasteiger partial charge >= 0.3 is 5.97 Å². The molecule has 4 aromatic rings. The van der Waals surface area contributed by atoms with Crippen molar-refractivity contribution < 1.29 is 22.7 Å². The molecule has 4 aromatic carbocycles. The number of ether oxygens (including phenoxy) is 1. The van der Waals surface area contributed by atoms with Crippen LogP contribution < -0.4 is 9.04 Å². The third kappa shape index (κ3) is 5.53. The zero-order chi connectivity index (χ0) is 25.0. The average Bonchev–Trinajstić information content (AvgIpc) is 2.87. The van der Waals surface area contributed by atoms with Crippen LogP contribution in [0, 0.1) is 0 Å². The fourth-order valence-electron chi connectivity index (χ4n) is 3.23. The van der Waals surface area contributed by atoms with Crippen LogP contribution in [0.25, 0.3) is 0 Å². The Morgan fingerprint density at radius 1 is 0.714 bits per heavy atom. The summed E-state index contributed by atoms with van der Waals surface area (Å²) in [5, 5.41) is 0. The zero-order valence-corrected chi connectivity index (χ0v) is 22.0. The van der Waals surface area contributed by atoms with Crippen molar-refractivity contribution in [3.05, 3.63) is 123 Å². The van der Waals surface area contributed by atoms with Crippen LogP contribution in [0.1, 0.15) is 20.7 Å². The molecule has 0 aliphatic rings. The molecular formula is C26H17Br2NO5S. The molecule has 0 aromatic heterocycles. The number of sulfonamides is 1. The molecule has 0 heterocycles. The molecule has 0 fully saturated rings. The van der Waals surface area contributed by atoms with Crippen LogP contribution in [0.3, 0.4) is 0 Å². The van der Waals surface area contributed by atoms with Gasteiger partial charge in [0.25, 0.3) is 15.9 Å². The summed E-state index contributed by atoms with van der Waals surface area (Å²) in [7, 11) is -4.33. The van der Waals surface area contributed by atoms with Crippen molar-refractivity contribution in [1.29, 1.82) is 0 Å². The third-order valence-electron chi connectivity index (χ3n) is 4.91. The highest BCUT2D eigenvalue weighted by atomic mass is 79.9. The number of anilines is 1. The van der Waals surface area contributed by atoms with Crippen molar-refractivity contribution in [3.63, 3.8) is 0 Å². The fourth-order valence-corrected chi connectivity index (χ4v) is 6.11. The molecule has 0 N–H and O–H groups in total. The summed E-state index contributed by atoms with van der Waals surface area (Å²) in [6, 6.07) is 27.0. The number of nitrogens with zero attached hydrogens (tertiary/aromatic N) is 1. The first-order chi connectivity index (χ1) is 16.8. The van der Waals surface area contributed by atoms with Crippen molar-refractivity contribution in [3.8, 4) is 5.75 Å². The average molecular weight is 615 g/mol. The molecular weight excluding hydrogens is 598 g/mol. The number of halogens is 2. The first kappa shape index (κ1) is 24.8. The Balaban J connectivity index is 1.73. The highest BCUT2D eigenvalue weighted by Gasteiger charge is 2.33. The van der Waals surface area contributed by atoms with Crippen molar-refractivity contribution in [2.24, 2.45) is 0 Å². The van der Waals surface area contributed by atoms with E-state index in [1.54, 1.807) is 60.7 Å². The van der Waals surface area contributed by atoms with E-state index >= 15 is 0 Å². The van der Waals surface area contributed by atoms with Gasteiger partial charge in [0, 0.05) is 14.5 Å². The van der Waals surface area contributed by atoms with E-state index in [0.29, 0.717) is 14.5 Å². The summed E-state index contributed by atoms with van der Waals surface area (Å²) < 4.78 is 34.4. The number of carbonyl (C=O) groups is 2. The van der Waals surface area contributed by atoms with Gasteiger partial charge in [-0.15, -0.1) is 0 Å². The topological polar surface area (TPSA) is 80.8 Å². The fraction of sp³-hybridized carbons (Fsp3) is 0. The molecule has 4 rings (SSSR count). The highest BCUT2D eigenvalue weighted by Crippen LogP contribution is 2.33. The highest BCUT2D eigenvalue weighted by molar-refractivity contribution is 9.11.